The molecule has 0 aliphatic carbocycles. The van der Waals surface area contributed by atoms with Crippen LogP contribution in [0.2, 0.25) is 0 Å². The van der Waals surface area contributed by atoms with Crippen molar-refractivity contribution >= 4 is 11.6 Å². The largest absolute Gasteiger partial charge is 0.493 e. The van der Waals surface area contributed by atoms with E-state index in [1.807, 2.05) is 0 Å². The number of rotatable bonds is 6. The summed E-state index contributed by atoms with van der Waals surface area (Å²) in [7, 11) is 4.66. The van der Waals surface area contributed by atoms with Gasteiger partial charge >= 0.3 is 0 Å². The molecule has 1 aliphatic heterocycles. The molecule has 2 N–H and O–H groups in total. The molecule has 1 amide bonds. The second-order valence-corrected chi connectivity index (χ2v) is 5.36. The van der Waals surface area contributed by atoms with Gasteiger partial charge in [-0.1, -0.05) is 0 Å². The molecule has 6 heteroatoms. The third-order valence-electron chi connectivity index (χ3n) is 3.88. The van der Waals surface area contributed by atoms with Gasteiger partial charge in [-0.2, -0.15) is 0 Å². The van der Waals surface area contributed by atoms with Crippen molar-refractivity contribution < 1.29 is 19.0 Å². The summed E-state index contributed by atoms with van der Waals surface area (Å²) in [6.45, 7) is 1.98. The molecule has 22 heavy (non-hydrogen) atoms. The van der Waals surface area contributed by atoms with Crippen LogP contribution in [-0.2, 0) is 4.79 Å². The molecule has 0 atom stereocenters. The fraction of sp³-hybridized carbons (Fsp3) is 0.562. The molecular formula is C16H24N2O4. The van der Waals surface area contributed by atoms with Gasteiger partial charge in [-0.25, -0.2) is 0 Å². The van der Waals surface area contributed by atoms with Gasteiger partial charge in [0.25, 0.3) is 0 Å². The summed E-state index contributed by atoms with van der Waals surface area (Å²) in [5.74, 6) is 2.03. The number of anilines is 1. The second-order valence-electron chi connectivity index (χ2n) is 5.36. The molecule has 0 radical (unpaired) electrons. The van der Waals surface area contributed by atoms with Crippen LogP contribution in [0.5, 0.6) is 17.2 Å². The first-order valence-corrected chi connectivity index (χ1v) is 7.48. The number of carbonyl (C=O) groups is 1. The lowest BCUT2D eigenvalue weighted by molar-refractivity contribution is -0.117. The van der Waals surface area contributed by atoms with Gasteiger partial charge in [0.15, 0.2) is 11.5 Å². The van der Waals surface area contributed by atoms with Crippen LogP contribution in [0, 0.1) is 5.92 Å². The van der Waals surface area contributed by atoms with Gasteiger partial charge in [-0.3, -0.25) is 4.79 Å². The molecule has 1 aliphatic rings. The normalized spacial score (nSPS) is 15.2. The van der Waals surface area contributed by atoms with Crippen molar-refractivity contribution in [2.24, 2.45) is 5.92 Å². The van der Waals surface area contributed by atoms with Crippen LogP contribution in [-0.4, -0.2) is 40.3 Å². The number of amides is 1. The highest BCUT2D eigenvalue weighted by Gasteiger charge is 2.18. The predicted molar refractivity (Wildman–Crippen MR) is 84.9 cm³/mol. The maximum Gasteiger partial charge on any atom is 0.224 e. The number of piperidine rings is 1. The lowest BCUT2D eigenvalue weighted by Crippen LogP contribution is -2.30. The van der Waals surface area contributed by atoms with E-state index in [4.69, 9.17) is 14.2 Å². The third kappa shape index (κ3) is 4.04. The topological polar surface area (TPSA) is 68.8 Å². The minimum atomic E-state index is 0.0150. The maximum absolute atomic E-state index is 12.2. The molecule has 2 rings (SSSR count). The number of nitrogens with one attached hydrogen (secondary N) is 2. The fourth-order valence-electron chi connectivity index (χ4n) is 2.71. The van der Waals surface area contributed by atoms with Crippen molar-refractivity contribution in [3.8, 4) is 17.2 Å². The number of hydrogen-bond acceptors (Lipinski definition) is 5. The van der Waals surface area contributed by atoms with Crippen molar-refractivity contribution in [1.82, 2.24) is 5.32 Å². The van der Waals surface area contributed by atoms with Crippen LogP contribution >= 0.6 is 0 Å². The van der Waals surface area contributed by atoms with Crippen LogP contribution in [0.15, 0.2) is 12.1 Å². The molecule has 0 saturated carbocycles. The Morgan fingerprint density at radius 1 is 1.14 bits per heavy atom. The van der Waals surface area contributed by atoms with Gasteiger partial charge in [0.05, 0.1) is 21.3 Å². The third-order valence-corrected chi connectivity index (χ3v) is 3.88. The molecule has 0 bridgehead atoms. The molecule has 1 aromatic carbocycles. The molecule has 6 nitrogen and oxygen atoms in total. The van der Waals surface area contributed by atoms with Crippen LogP contribution < -0.4 is 24.8 Å². The van der Waals surface area contributed by atoms with Crippen molar-refractivity contribution in [3.63, 3.8) is 0 Å². The second kappa shape index (κ2) is 7.89. The highest BCUT2D eigenvalue weighted by atomic mass is 16.5. The van der Waals surface area contributed by atoms with E-state index in [2.05, 4.69) is 10.6 Å². The Labute approximate surface area is 131 Å². The summed E-state index contributed by atoms with van der Waals surface area (Å²) in [4.78, 5) is 12.2. The van der Waals surface area contributed by atoms with E-state index < -0.39 is 0 Å². The molecule has 1 fully saturated rings. The Morgan fingerprint density at radius 2 is 1.73 bits per heavy atom. The SMILES string of the molecule is COc1cc(NC(=O)CC2CCNCC2)cc(OC)c1OC. The summed E-state index contributed by atoms with van der Waals surface area (Å²) in [6.07, 6.45) is 2.63. The number of methoxy groups -OCH3 is 3. The lowest BCUT2D eigenvalue weighted by Gasteiger charge is -2.22. The van der Waals surface area contributed by atoms with Crippen LogP contribution in [0.3, 0.4) is 0 Å². The lowest BCUT2D eigenvalue weighted by atomic mass is 9.94. The monoisotopic (exact) mass is 308 g/mol. The molecule has 0 aromatic heterocycles. The zero-order valence-corrected chi connectivity index (χ0v) is 13.4. The van der Waals surface area contributed by atoms with Gasteiger partial charge in [-0.15, -0.1) is 0 Å². The minimum Gasteiger partial charge on any atom is -0.493 e. The standard InChI is InChI=1S/C16H24N2O4/c1-20-13-9-12(10-14(21-2)16(13)22-3)18-15(19)8-11-4-6-17-7-5-11/h9-11,17H,4-8H2,1-3H3,(H,18,19). The average Bonchev–Trinajstić information content (AvgIpc) is 2.54. The summed E-state index contributed by atoms with van der Waals surface area (Å²) < 4.78 is 15.8. The van der Waals surface area contributed by atoms with E-state index in [-0.39, 0.29) is 5.91 Å². The number of hydrogen-bond donors (Lipinski definition) is 2. The predicted octanol–water partition coefficient (Wildman–Crippen LogP) is 2.04. The molecule has 122 valence electrons. The first-order valence-electron chi connectivity index (χ1n) is 7.48. The fourth-order valence-corrected chi connectivity index (χ4v) is 2.71. The van der Waals surface area contributed by atoms with E-state index in [0.29, 0.717) is 35.3 Å². The summed E-state index contributed by atoms with van der Waals surface area (Å²) in [5, 5.41) is 6.22. The Bertz CT molecular complexity index is 488. The smallest absolute Gasteiger partial charge is 0.224 e. The molecule has 1 saturated heterocycles. The Balaban J connectivity index is 2.06. The Hall–Kier alpha value is -1.95. The first kappa shape index (κ1) is 16.4. The summed E-state index contributed by atoms with van der Waals surface area (Å²) >= 11 is 0. The maximum atomic E-state index is 12.2. The van der Waals surface area contributed by atoms with Crippen molar-refractivity contribution in [3.05, 3.63) is 12.1 Å². The average molecular weight is 308 g/mol. The van der Waals surface area contributed by atoms with Gasteiger partial charge in [0.2, 0.25) is 11.7 Å². The van der Waals surface area contributed by atoms with Crippen molar-refractivity contribution in [2.45, 2.75) is 19.3 Å². The van der Waals surface area contributed by atoms with Crippen molar-refractivity contribution in [2.75, 3.05) is 39.7 Å². The van der Waals surface area contributed by atoms with E-state index in [1.165, 1.54) is 0 Å². The number of benzene rings is 1. The Kier molecular flexibility index (Phi) is 5.89. The summed E-state index contributed by atoms with van der Waals surface area (Å²) in [6, 6.07) is 3.48. The highest BCUT2D eigenvalue weighted by Crippen LogP contribution is 2.40. The highest BCUT2D eigenvalue weighted by molar-refractivity contribution is 5.91. The first-order chi connectivity index (χ1) is 10.7. The Morgan fingerprint density at radius 3 is 2.23 bits per heavy atom. The van der Waals surface area contributed by atoms with E-state index in [9.17, 15) is 4.79 Å². The number of carbonyl (C=O) groups excluding carboxylic acids is 1. The van der Waals surface area contributed by atoms with Crippen molar-refractivity contribution in [1.29, 1.82) is 0 Å². The quantitative estimate of drug-likeness (QED) is 0.842. The molecule has 1 heterocycles. The van der Waals surface area contributed by atoms with Gasteiger partial charge in [0.1, 0.15) is 0 Å². The van der Waals surface area contributed by atoms with Crippen LogP contribution in [0.25, 0.3) is 0 Å². The molecule has 0 spiro atoms. The molecular weight excluding hydrogens is 284 g/mol. The van der Waals surface area contributed by atoms with E-state index >= 15 is 0 Å². The molecule has 1 aromatic rings. The van der Waals surface area contributed by atoms with Crippen LogP contribution in [0.1, 0.15) is 19.3 Å². The zero-order chi connectivity index (χ0) is 15.9. The van der Waals surface area contributed by atoms with Gasteiger partial charge in [0, 0.05) is 24.2 Å². The van der Waals surface area contributed by atoms with E-state index in [1.54, 1.807) is 33.5 Å². The zero-order valence-electron chi connectivity index (χ0n) is 13.4. The van der Waals surface area contributed by atoms with E-state index in [0.717, 1.165) is 25.9 Å². The van der Waals surface area contributed by atoms with Crippen LogP contribution in [0.4, 0.5) is 5.69 Å². The number of ether oxygens (including phenoxy) is 3. The summed E-state index contributed by atoms with van der Waals surface area (Å²) in [5.41, 5.74) is 0.647. The minimum absolute atomic E-state index is 0.0150. The van der Waals surface area contributed by atoms with Gasteiger partial charge in [-0.05, 0) is 31.8 Å². The van der Waals surface area contributed by atoms with Gasteiger partial charge < -0.3 is 24.8 Å². The molecule has 0 unspecified atom stereocenters.